The van der Waals surface area contributed by atoms with Gasteiger partial charge >= 0.3 is 0 Å². The van der Waals surface area contributed by atoms with E-state index in [0.29, 0.717) is 12.6 Å². The van der Waals surface area contributed by atoms with Crippen molar-refractivity contribution >= 4 is 0 Å². The number of nitrogens with one attached hydrogen (secondary N) is 1. The Morgan fingerprint density at radius 1 is 1.73 bits per heavy atom. The first-order chi connectivity index (χ1) is 7.11. The van der Waals surface area contributed by atoms with Crippen molar-refractivity contribution in [3.05, 3.63) is 18.0 Å². The van der Waals surface area contributed by atoms with Gasteiger partial charge in [0, 0.05) is 12.2 Å². The fourth-order valence-electron chi connectivity index (χ4n) is 1.67. The Morgan fingerprint density at radius 2 is 2.47 bits per heavy atom. The third kappa shape index (κ3) is 2.57. The first kappa shape index (κ1) is 10.2. The zero-order valence-corrected chi connectivity index (χ0v) is 9.20. The lowest BCUT2D eigenvalue weighted by molar-refractivity contribution is 0.366. The van der Waals surface area contributed by atoms with E-state index < -0.39 is 5.54 Å². The summed E-state index contributed by atoms with van der Waals surface area (Å²) in [5.41, 5.74) is 0.487. The van der Waals surface area contributed by atoms with E-state index in [1.54, 1.807) is 0 Å². The fourth-order valence-corrected chi connectivity index (χ4v) is 1.67. The van der Waals surface area contributed by atoms with Crippen LogP contribution in [-0.4, -0.2) is 21.4 Å². The molecule has 2 rings (SSSR count). The molecule has 4 heteroatoms. The Balaban J connectivity index is 2.03. The van der Waals surface area contributed by atoms with Crippen molar-refractivity contribution in [2.24, 2.45) is 0 Å². The Labute approximate surface area is 89.9 Å². The van der Waals surface area contributed by atoms with Gasteiger partial charge in [0.1, 0.15) is 5.54 Å². The van der Waals surface area contributed by atoms with Crippen molar-refractivity contribution in [2.45, 2.75) is 44.8 Å². The van der Waals surface area contributed by atoms with Gasteiger partial charge in [0.2, 0.25) is 0 Å². The summed E-state index contributed by atoms with van der Waals surface area (Å²) in [5, 5.41) is 16.8. The number of nitriles is 1. The Bertz CT molecular complexity index is 386. The van der Waals surface area contributed by atoms with Crippen LogP contribution in [0.1, 0.15) is 25.5 Å². The van der Waals surface area contributed by atoms with Gasteiger partial charge in [0.15, 0.2) is 0 Å². The summed E-state index contributed by atoms with van der Waals surface area (Å²) in [5.74, 6) is 0. The van der Waals surface area contributed by atoms with Gasteiger partial charge in [0.05, 0.1) is 18.3 Å². The zero-order valence-electron chi connectivity index (χ0n) is 9.20. The summed E-state index contributed by atoms with van der Waals surface area (Å²) in [6, 6.07) is 4.82. The van der Waals surface area contributed by atoms with Crippen LogP contribution >= 0.6 is 0 Å². The SMILES string of the molecule is Cc1ccn(CC(C)(C#N)NC2CC2)n1. The Morgan fingerprint density at radius 3 is 2.93 bits per heavy atom. The van der Waals surface area contributed by atoms with Crippen LogP contribution in [0.25, 0.3) is 0 Å². The minimum absolute atomic E-state index is 0.500. The number of hydrogen-bond acceptors (Lipinski definition) is 3. The monoisotopic (exact) mass is 204 g/mol. The van der Waals surface area contributed by atoms with Gasteiger partial charge in [-0.1, -0.05) is 0 Å². The highest BCUT2D eigenvalue weighted by Crippen LogP contribution is 2.22. The van der Waals surface area contributed by atoms with Gasteiger partial charge in [-0.2, -0.15) is 10.4 Å². The molecule has 1 atom stereocenters. The lowest BCUT2D eigenvalue weighted by atomic mass is 10.1. The second-order valence-electron chi connectivity index (χ2n) is 4.52. The third-order valence-corrected chi connectivity index (χ3v) is 2.60. The van der Waals surface area contributed by atoms with Crippen molar-refractivity contribution < 1.29 is 0 Å². The van der Waals surface area contributed by atoms with Crippen molar-refractivity contribution in [1.29, 1.82) is 5.26 Å². The molecule has 1 aliphatic rings. The summed E-state index contributed by atoms with van der Waals surface area (Å²) in [6.07, 6.45) is 4.30. The zero-order chi connectivity index (χ0) is 10.9. The van der Waals surface area contributed by atoms with E-state index >= 15 is 0 Å². The quantitative estimate of drug-likeness (QED) is 0.802. The summed E-state index contributed by atoms with van der Waals surface area (Å²) in [4.78, 5) is 0. The predicted molar refractivity (Wildman–Crippen MR) is 57.1 cm³/mol. The molecule has 1 N–H and O–H groups in total. The fraction of sp³-hybridized carbons (Fsp3) is 0.636. The minimum atomic E-state index is -0.500. The van der Waals surface area contributed by atoms with Crippen LogP contribution in [0, 0.1) is 18.3 Å². The molecule has 0 spiro atoms. The Hall–Kier alpha value is -1.34. The molecule has 0 bridgehead atoms. The molecule has 4 nitrogen and oxygen atoms in total. The molecule has 15 heavy (non-hydrogen) atoms. The average molecular weight is 204 g/mol. The third-order valence-electron chi connectivity index (χ3n) is 2.60. The summed E-state index contributed by atoms with van der Waals surface area (Å²) in [7, 11) is 0. The van der Waals surface area contributed by atoms with E-state index in [2.05, 4.69) is 16.5 Å². The van der Waals surface area contributed by atoms with Crippen molar-refractivity contribution in [2.75, 3.05) is 0 Å². The molecule has 1 heterocycles. The number of rotatable bonds is 4. The molecule has 1 aromatic rings. The lowest BCUT2D eigenvalue weighted by Gasteiger charge is -2.23. The molecule has 1 fully saturated rings. The maximum Gasteiger partial charge on any atom is 0.123 e. The Kier molecular flexibility index (Phi) is 2.49. The predicted octanol–water partition coefficient (Wildman–Crippen LogP) is 1.23. The number of aryl methyl sites for hydroxylation is 1. The molecule has 0 aliphatic heterocycles. The molecule has 1 aliphatic carbocycles. The molecule has 0 aromatic carbocycles. The van der Waals surface area contributed by atoms with Crippen LogP contribution in [0.4, 0.5) is 0 Å². The second-order valence-corrected chi connectivity index (χ2v) is 4.52. The molecule has 1 saturated carbocycles. The molecule has 1 unspecified atom stereocenters. The van der Waals surface area contributed by atoms with Gasteiger partial charge in [-0.25, -0.2) is 0 Å². The van der Waals surface area contributed by atoms with Crippen molar-refractivity contribution in [3.8, 4) is 6.07 Å². The summed E-state index contributed by atoms with van der Waals surface area (Å²) in [6.45, 7) is 4.49. The maximum absolute atomic E-state index is 9.18. The van der Waals surface area contributed by atoms with Crippen molar-refractivity contribution in [1.82, 2.24) is 15.1 Å². The molecule has 0 amide bonds. The van der Waals surface area contributed by atoms with Crippen LogP contribution in [0.3, 0.4) is 0 Å². The first-order valence-electron chi connectivity index (χ1n) is 5.30. The molecule has 80 valence electrons. The minimum Gasteiger partial charge on any atom is -0.295 e. The number of aromatic nitrogens is 2. The van der Waals surface area contributed by atoms with Gasteiger partial charge in [-0.05, 0) is 32.8 Å². The van der Waals surface area contributed by atoms with E-state index in [1.807, 2.05) is 30.8 Å². The highest BCUT2D eigenvalue weighted by Gasteiger charge is 2.32. The summed E-state index contributed by atoms with van der Waals surface area (Å²) < 4.78 is 1.83. The number of hydrogen-bond donors (Lipinski definition) is 1. The second kappa shape index (κ2) is 3.67. The lowest BCUT2D eigenvalue weighted by Crippen LogP contribution is -2.46. The van der Waals surface area contributed by atoms with Gasteiger partial charge in [0.25, 0.3) is 0 Å². The van der Waals surface area contributed by atoms with Gasteiger partial charge < -0.3 is 0 Å². The highest BCUT2D eigenvalue weighted by molar-refractivity contribution is 5.08. The van der Waals surface area contributed by atoms with E-state index in [0.717, 1.165) is 5.69 Å². The van der Waals surface area contributed by atoms with E-state index in [4.69, 9.17) is 0 Å². The van der Waals surface area contributed by atoms with Gasteiger partial charge in [-0.15, -0.1) is 0 Å². The normalized spacial score (nSPS) is 19.5. The molecule has 1 aromatic heterocycles. The van der Waals surface area contributed by atoms with E-state index in [-0.39, 0.29) is 0 Å². The summed E-state index contributed by atoms with van der Waals surface area (Å²) >= 11 is 0. The average Bonchev–Trinajstić information content (AvgIpc) is 2.90. The molecule has 0 saturated heterocycles. The smallest absolute Gasteiger partial charge is 0.123 e. The molecule has 0 radical (unpaired) electrons. The van der Waals surface area contributed by atoms with Crippen LogP contribution in [0.5, 0.6) is 0 Å². The number of nitrogens with zero attached hydrogens (tertiary/aromatic N) is 3. The van der Waals surface area contributed by atoms with Crippen LogP contribution in [0.2, 0.25) is 0 Å². The van der Waals surface area contributed by atoms with Gasteiger partial charge in [-0.3, -0.25) is 10.00 Å². The van der Waals surface area contributed by atoms with Crippen molar-refractivity contribution in [3.63, 3.8) is 0 Å². The van der Waals surface area contributed by atoms with E-state index in [9.17, 15) is 5.26 Å². The van der Waals surface area contributed by atoms with Crippen LogP contribution < -0.4 is 5.32 Å². The van der Waals surface area contributed by atoms with Crippen LogP contribution in [0.15, 0.2) is 12.3 Å². The topological polar surface area (TPSA) is 53.6 Å². The standard InChI is InChI=1S/C11H16N4/c1-9-5-6-15(14-9)8-11(2,7-12)13-10-3-4-10/h5-6,10,13H,3-4,8H2,1-2H3. The first-order valence-corrected chi connectivity index (χ1v) is 5.30. The largest absolute Gasteiger partial charge is 0.295 e. The van der Waals surface area contributed by atoms with E-state index in [1.165, 1.54) is 12.8 Å². The van der Waals surface area contributed by atoms with Crippen LogP contribution in [-0.2, 0) is 6.54 Å². The molecular weight excluding hydrogens is 188 g/mol. The molecular formula is C11H16N4. The highest BCUT2D eigenvalue weighted by atomic mass is 15.3. The maximum atomic E-state index is 9.18.